The van der Waals surface area contributed by atoms with Gasteiger partial charge in [0.05, 0.1) is 13.0 Å². The molecular formula is C14H19F3N2O2. The van der Waals surface area contributed by atoms with Gasteiger partial charge in [-0.1, -0.05) is 12.1 Å². The van der Waals surface area contributed by atoms with Crippen LogP contribution < -0.4 is 5.73 Å². The van der Waals surface area contributed by atoms with E-state index < -0.39 is 12.8 Å². The van der Waals surface area contributed by atoms with Gasteiger partial charge in [-0.3, -0.25) is 4.79 Å². The minimum Gasteiger partial charge on any atom is -0.399 e. The molecule has 0 aromatic heterocycles. The second-order valence-electron chi connectivity index (χ2n) is 4.57. The van der Waals surface area contributed by atoms with Crippen LogP contribution in [-0.4, -0.2) is 36.7 Å². The van der Waals surface area contributed by atoms with Crippen LogP contribution in [0.2, 0.25) is 0 Å². The lowest BCUT2D eigenvalue weighted by Gasteiger charge is -2.21. The van der Waals surface area contributed by atoms with Gasteiger partial charge in [0, 0.05) is 18.8 Å². The maximum absolute atomic E-state index is 11.9. The molecule has 0 aliphatic heterocycles. The third-order valence-electron chi connectivity index (χ3n) is 2.81. The van der Waals surface area contributed by atoms with Crippen LogP contribution in [-0.2, 0) is 16.1 Å². The number of rotatable bonds is 7. The molecule has 0 aliphatic rings. The highest BCUT2D eigenvalue weighted by Gasteiger charge is 2.27. The molecule has 0 saturated heterocycles. The first-order valence-corrected chi connectivity index (χ1v) is 6.58. The summed E-state index contributed by atoms with van der Waals surface area (Å²) in [5, 5.41) is 0. The third-order valence-corrected chi connectivity index (χ3v) is 2.81. The van der Waals surface area contributed by atoms with Crippen molar-refractivity contribution in [2.24, 2.45) is 0 Å². The van der Waals surface area contributed by atoms with Crippen molar-refractivity contribution in [1.29, 1.82) is 0 Å². The van der Waals surface area contributed by atoms with Crippen molar-refractivity contribution in [3.63, 3.8) is 0 Å². The number of anilines is 1. The maximum Gasteiger partial charge on any atom is 0.411 e. The predicted molar refractivity (Wildman–Crippen MR) is 73.4 cm³/mol. The van der Waals surface area contributed by atoms with Crippen LogP contribution in [0, 0.1) is 0 Å². The van der Waals surface area contributed by atoms with Gasteiger partial charge < -0.3 is 15.4 Å². The SMILES string of the molecule is CCN(Cc1ccc(N)cc1)C(=O)CCOCC(F)(F)F. The average Bonchev–Trinajstić information content (AvgIpc) is 2.41. The van der Waals surface area contributed by atoms with E-state index in [0.29, 0.717) is 18.8 Å². The number of nitrogens with zero attached hydrogens (tertiary/aromatic N) is 1. The Kier molecular flexibility index (Phi) is 6.48. The van der Waals surface area contributed by atoms with Gasteiger partial charge in [-0.2, -0.15) is 13.2 Å². The number of benzene rings is 1. The molecule has 0 radical (unpaired) electrons. The molecule has 1 amide bonds. The van der Waals surface area contributed by atoms with E-state index in [9.17, 15) is 18.0 Å². The largest absolute Gasteiger partial charge is 0.411 e. The number of nitrogen functional groups attached to an aromatic ring is 1. The van der Waals surface area contributed by atoms with Gasteiger partial charge in [0.15, 0.2) is 0 Å². The monoisotopic (exact) mass is 304 g/mol. The van der Waals surface area contributed by atoms with Crippen LogP contribution in [0.4, 0.5) is 18.9 Å². The Morgan fingerprint density at radius 3 is 2.43 bits per heavy atom. The van der Waals surface area contributed by atoms with E-state index in [-0.39, 0.29) is 18.9 Å². The van der Waals surface area contributed by atoms with E-state index in [0.717, 1.165) is 5.56 Å². The Hall–Kier alpha value is -1.76. The van der Waals surface area contributed by atoms with Crippen molar-refractivity contribution in [2.45, 2.75) is 26.1 Å². The Labute approximate surface area is 121 Å². The van der Waals surface area contributed by atoms with E-state index >= 15 is 0 Å². The molecule has 0 unspecified atom stereocenters. The molecule has 4 nitrogen and oxygen atoms in total. The Morgan fingerprint density at radius 2 is 1.90 bits per heavy atom. The number of amides is 1. The minimum absolute atomic E-state index is 0.0705. The molecule has 1 aromatic rings. The number of carbonyl (C=O) groups excluding carboxylic acids is 1. The summed E-state index contributed by atoms with van der Waals surface area (Å²) in [4.78, 5) is 13.5. The lowest BCUT2D eigenvalue weighted by atomic mass is 10.2. The van der Waals surface area contributed by atoms with Crippen LogP contribution in [0.1, 0.15) is 18.9 Å². The molecular weight excluding hydrogens is 285 g/mol. The van der Waals surface area contributed by atoms with E-state index in [4.69, 9.17) is 5.73 Å². The van der Waals surface area contributed by atoms with E-state index in [2.05, 4.69) is 4.74 Å². The summed E-state index contributed by atoms with van der Waals surface area (Å²) in [5.74, 6) is -0.239. The van der Waals surface area contributed by atoms with E-state index in [1.54, 1.807) is 17.0 Å². The summed E-state index contributed by atoms with van der Waals surface area (Å²) >= 11 is 0. The lowest BCUT2D eigenvalue weighted by molar-refractivity contribution is -0.175. The van der Waals surface area contributed by atoms with Crippen LogP contribution in [0.25, 0.3) is 0 Å². The molecule has 1 rings (SSSR count). The number of ether oxygens (including phenoxy) is 1. The van der Waals surface area contributed by atoms with Gasteiger partial charge in [0.25, 0.3) is 0 Å². The van der Waals surface area contributed by atoms with E-state index in [1.807, 2.05) is 19.1 Å². The molecule has 118 valence electrons. The zero-order valence-corrected chi connectivity index (χ0v) is 11.8. The molecule has 0 atom stereocenters. The second kappa shape index (κ2) is 7.87. The van der Waals surface area contributed by atoms with Gasteiger partial charge in [-0.25, -0.2) is 0 Å². The zero-order chi connectivity index (χ0) is 15.9. The first-order valence-electron chi connectivity index (χ1n) is 6.58. The Balaban J connectivity index is 2.41. The van der Waals surface area contributed by atoms with Crippen LogP contribution >= 0.6 is 0 Å². The van der Waals surface area contributed by atoms with Crippen molar-refractivity contribution in [2.75, 3.05) is 25.5 Å². The first kappa shape index (κ1) is 17.3. The number of hydrogen-bond donors (Lipinski definition) is 1. The smallest absolute Gasteiger partial charge is 0.399 e. The van der Waals surface area contributed by atoms with Gasteiger partial charge >= 0.3 is 6.18 Å². The maximum atomic E-state index is 11.9. The molecule has 0 spiro atoms. The van der Waals surface area contributed by atoms with Crippen molar-refractivity contribution < 1.29 is 22.7 Å². The summed E-state index contributed by atoms with van der Waals surface area (Å²) in [6, 6.07) is 7.09. The quantitative estimate of drug-likeness (QED) is 0.622. The van der Waals surface area contributed by atoms with Gasteiger partial charge in [-0.05, 0) is 24.6 Å². The number of hydrogen-bond acceptors (Lipinski definition) is 3. The highest BCUT2D eigenvalue weighted by molar-refractivity contribution is 5.76. The molecule has 21 heavy (non-hydrogen) atoms. The summed E-state index contributed by atoms with van der Waals surface area (Å²) in [7, 11) is 0. The van der Waals surface area contributed by atoms with Crippen molar-refractivity contribution in [3.8, 4) is 0 Å². The zero-order valence-electron chi connectivity index (χ0n) is 11.8. The Morgan fingerprint density at radius 1 is 1.29 bits per heavy atom. The van der Waals surface area contributed by atoms with Crippen LogP contribution in [0.5, 0.6) is 0 Å². The molecule has 0 heterocycles. The van der Waals surface area contributed by atoms with Gasteiger partial charge in [-0.15, -0.1) is 0 Å². The summed E-state index contributed by atoms with van der Waals surface area (Å²) in [5.41, 5.74) is 7.12. The first-order chi connectivity index (χ1) is 9.81. The standard InChI is InChI=1S/C14H19F3N2O2/c1-2-19(9-11-3-5-12(18)6-4-11)13(20)7-8-21-10-14(15,16)17/h3-6H,2,7-10,18H2,1H3. The molecule has 1 aromatic carbocycles. The fourth-order valence-corrected chi connectivity index (χ4v) is 1.73. The highest BCUT2D eigenvalue weighted by atomic mass is 19.4. The van der Waals surface area contributed by atoms with Crippen LogP contribution in [0.3, 0.4) is 0 Å². The molecule has 0 bridgehead atoms. The molecule has 0 aliphatic carbocycles. The molecule has 7 heteroatoms. The third kappa shape index (κ3) is 6.99. The van der Waals surface area contributed by atoms with Crippen LogP contribution in [0.15, 0.2) is 24.3 Å². The van der Waals surface area contributed by atoms with Gasteiger partial charge in [0.1, 0.15) is 6.61 Å². The minimum atomic E-state index is -4.36. The fourth-order valence-electron chi connectivity index (χ4n) is 1.73. The van der Waals surface area contributed by atoms with Crippen molar-refractivity contribution in [3.05, 3.63) is 29.8 Å². The average molecular weight is 304 g/mol. The topological polar surface area (TPSA) is 55.6 Å². The van der Waals surface area contributed by atoms with Crippen molar-refractivity contribution in [1.82, 2.24) is 4.90 Å². The van der Waals surface area contributed by atoms with Crippen molar-refractivity contribution >= 4 is 11.6 Å². The highest BCUT2D eigenvalue weighted by Crippen LogP contribution is 2.14. The molecule has 2 N–H and O–H groups in total. The number of alkyl halides is 3. The summed E-state index contributed by atoms with van der Waals surface area (Å²) < 4.78 is 40.1. The van der Waals surface area contributed by atoms with E-state index in [1.165, 1.54) is 0 Å². The fraction of sp³-hybridized carbons (Fsp3) is 0.500. The molecule has 0 fully saturated rings. The molecule has 0 saturated carbocycles. The number of nitrogens with two attached hydrogens (primary N) is 1. The summed E-state index contributed by atoms with van der Waals surface area (Å²) in [6.45, 7) is 1.12. The Bertz CT molecular complexity index is 447. The second-order valence-corrected chi connectivity index (χ2v) is 4.57. The number of carbonyl (C=O) groups is 1. The normalized spacial score (nSPS) is 11.4. The van der Waals surface area contributed by atoms with Gasteiger partial charge in [0.2, 0.25) is 5.91 Å². The summed E-state index contributed by atoms with van der Waals surface area (Å²) in [6.07, 6.45) is -4.43. The predicted octanol–water partition coefficient (Wildman–Crippen LogP) is 2.59. The number of halogens is 3. The lowest BCUT2D eigenvalue weighted by Crippen LogP contribution is -2.31.